The van der Waals surface area contributed by atoms with Crippen LogP contribution in [0, 0.1) is 5.82 Å². The molecule has 0 fully saturated rings. The van der Waals surface area contributed by atoms with Crippen molar-refractivity contribution >= 4 is 11.8 Å². The zero-order chi connectivity index (χ0) is 13.5. The van der Waals surface area contributed by atoms with Crippen LogP contribution >= 0.6 is 0 Å². The van der Waals surface area contributed by atoms with E-state index in [-0.39, 0.29) is 12.4 Å². The lowest BCUT2D eigenvalue weighted by molar-refractivity contribution is -0.129. The van der Waals surface area contributed by atoms with Crippen LogP contribution in [0.3, 0.4) is 0 Å². The topological polar surface area (TPSA) is 78.4 Å². The van der Waals surface area contributed by atoms with Crippen molar-refractivity contribution in [2.45, 2.75) is 19.5 Å². The normalized spacial score (nSPS) is 11.7. The lowest BCUT2D eigenvalue weighted by Crippen LogP contribution is -2.48. The molecule has 1 aromatic rings. The number of benzene rings is 1. The maximum absolute atomic E-state index is 12.6. The summed E-state index contributed by atoms with van der Waals surface area (Å²) in [7, 11) is 0. The Balaban J connectivity index is 2.49. The summed E-state index contributed by atoms with van der Waals surface area (Å²) in [4.78, 5) is 22.4. The number of amides is 2. The molecule has 0 aliphatic carbocycles. The Morgan fingerprint density at radius 2 is 1.94 bits per heavy atom. The predicted octanol–water partition coefficient (Wildman–Crippen LogP) is -0.0611. The first-order valence-electron chi connectivity index (χ1n) is 5.43. The molecule has 0 heterocycles. The van der Waals surface area contributed by atoms with Gasteiger partial charge in [-0.05, 0) is 17.7 Å². The summed E-state index contributed by atoms with van der Waals surface area (Å²) in [5.74, 6) is -1.24. The van der Waals surface area contributed by atoms with Gasteiger partial charge >= 0.3 is 0 Å². The maximum Gasteiger partial charge on any atom is 0.245 e. The van der Waals surface area contributed by atoms with Crippen molar-refractivity contribution in [2.75, 3.05) is 6.61 Å². The van der Waals surface area contributed by atoms with Gasteiger partial charge in [0.05, 0.1) is 6.61 Å². The molecule has 98 valence electrons. The number of aliphatic hydroxyl groups excluding tert-OH is 1. The second-order valence-electron chi connectivity index (χ2n) is 3.78. The van der Waals surface area contributed by atoms with E-state index in [0.29, 0.717) is 0 Å². The maximum atomic E-state index is 12.6. The van der Waals surface area contributed by atoms with Gasteiger partial charge in [-0.15, -0.1) is 0 Å². The second kappa shape index (κ2) is 6.70. The molecule has 1 rings (SSSR count). The fourth-order valence-electron chi connectivity index (χ4n) is 1.35. The van der Waals surface area contributed by atoms with E-state index < -0.39 is 24.5 Å². The van der Waals surface area contributed by atoms with Crippen LogP contribution in [0.2, 0.25) is 0 Å². The molecule has 0 bridgehead atoms. The summed E-state index contributed by atoms with van der Waals surface area (Å²) in [5.41, 5.74) is 0.726. The van der Waals surface area contributed by atoms with Gasteiger partial charge in [0.25, 0.3) is 0 Å². The van der Waals surface area contributed by atoms with E-state index >= 15 is 0 Å². The standard InChI is InChI=1S/C12H15FN2O3/c1-8(17)15-11(7-16)12(18)14-6-9-2-4-10(13)5-3-9/h2-5,11,16H,6-7H2,1H3,(H,14,18)(H,15,17)/t11-/m1/s1. The first-order chi connectivity index (χ1) is 8.52. The van der Waals surface area contributed by atoms with E-state index in [1.807, 2.05) is 0 Å². The highest BCUT2D eigenvalue weighted by Crippen LogP contribution is 2.02. The lowest BCUT2D eigenvalue weighted by atomic mass is 10.2. The molecule has 0 radical (unpaired) electrons. The van der Waals surface area contributed by atoms with Gasteiger partial charge in [0.1, 0.15) is 11.9 Å². The number of hydrogen-bond acceptors (Lipinski definition) is 3. The molecule has 0 saturated carbocycles. The summed E-state index contributed by atoms with van der Waals surface area (Å²) < 4.78 is 12.6. The minimum atomic E-state index is -0.969. The van der Waals surface area contributed by atoms with Crippen molar-refractivity contribution in [2.24, 2.45) is 0 Å². The number of halogens is 1. The van der Waals surface area contributed by atoms with Crippen molar-refractivity contribution < 1.29 is 19.1 Å². The predicted molar refractivity (Wildman–Crippen MR) is 62.9 cm³/mol. The van der Waals surface area contributed by atoms with Gasteiger partial charge in [-0.25, -0.2) is 4.39 Å². The van der Waals surface area contributed by atoms with Crippen LogP contribution in [0.1, 0.15) is 12.5 Å². The van der Waals surface area contributed by atoms with Crippen LogP contribution in [-0.2, 0) is 16.1 Å². The SMILES string of the molecule is CC(=O)N[C@H](CO)C(=O)NCc1ccc(F)cc1. The highest BCUT2D eigenvalue weighted by molar-refractivity contribution is 5.86. The van der Waals surface area contributed by atoms with Crippen molar-refractivity contribution in [3.8, 4) is 0 Å². The molecular formula is C12H15FN2O3. The van der Waals surface area contributed by atoms with Gasteiger partial charge in [-0.3, -0.25) is 9.59 Å². The molecule has 0 aromatic heterocycles. The number of hydrogen-bond donors (Lipinski definition) is 3. The van der Waals surface area contributed by atoms with Crippen LogP contribution in [0.25, 0.3) is 0 Å². The monoisotopic (exact) mass is 254 g/mol. The third-order valence-corrected chi connectivity index (χ3v) is 2.26. The van der Waals surface area contributed by atoms with Crippen molar-refractivity contribution in [1.82, 2.24) is 10.6 Å². The van der Waals surface area contributed by atoms with Crippen LogP contribution in [0.5, 0.6) is 0 Å². The van der Waals surface area contributed by atoms with Gasteiger partial charge in [-0.1, -0.05) is 12.1 Å². The number of nitrogens with one attached hydrogen (secondary N) is 2. The van der Waals surface area contributed by atoms with E-state index in [1.165, 1.54) is 19.1 Å². The van der Waals surface area contributed by atoms with E-state index in [9.17, 15) is 14.0 Å². The Labute approximate surface area is 104 Å². The summed E-state index contributed by atoms with van der Waals surface area (Å²) >= 11 is 0. The summed E-state index contributed by atoms with van der Waals surface area (Å²) in [5, 5.41) is 13.8. The molecule has 6 heteroatoms. The third kappa shape index (κ3) is 4.50. The first-order valence-corrected chi connectivity index (χ1v) is 5.43. The Morgan fingerprint density at radius 1 is 1.33 bits per heavy atom. The molecule has 3 N–H and O–H groups in total. The largest absolute Gasteiger partial charge is 0.394 e. The second-order valence-corrected chi connectivity index (χ2v) is 3.78. The van der Waals surface area contributed by atoms with Crippen LogP contribution in [-0.4, -0.2) is 29.6 Å². The smallest absolute Gasteiger partial charge is 0.245 e. The number of carbonyl (C=O) groups is 2. The average molecular weight is 254 g/mol. The van der Waals surface area contributed by atoms with Gasteiger partial charge in [-0.2, -0.15) is 0 Å². The third-order valence-electron chi connectivity index (χ3n) is 2.26. The molecule has 5 nitrogen and oxygen atoms in total. The van der Waals surface area contributed by atoms with Gasteiger partial charge in [0, 0.05) is 13.5 Å². The van der Waals surface area contributed by atoms with Crippen LogP contribution in [0.15, 0.2) is 24.3 Å². The molecule has 1 aromatic carbocycles. The Morgan fingerprint density at radius 3 is 2.44 bits per heavy atom. The van der Waals surface area contributed by atoms with Crippen LogP contribution < -0.4 is 10.6 Å². The van der Waals surface area contributed by atoms with Gasteiger partial charge < -0.3 is 15.7 Å². The number of aliphatic hydroxyl groups is 1. The quantitative estimate of drug-likeness (QED) is 0.688. The zero-order valence-electron chi connectivity index (χ0n) is 9.94. The number of rotatable bonds is 5. The molecular weight excluding hydrogens is 239 g/mol. The molecule has 0 saturated heterocycles. The minimum Gasteiger partial charge on any atom is -0.394 e. The molecule has 0 unspecified atom stereocenters. The Bertz CT molecular complexity index is 420. The van der Waals surface area contributed by atoms with Gasteiger partial charge in [0.2, 0.25) is 11.8 Å². The number of carbonyl (C=O) groups excluding carboxylic acids is 2. The zero-order valence-corrected chi connectivity index (χ0v) is 9.94. The Hall–Kier alpha value is -1.95. The molecule has 1 atom stereocenters. The van der Waals surface area contributed by atoms with E-state index in [4.69, 9.17) is 5.11 Å². The van der Waals surface area contributed by atoms with Crippen molar-refractivity contribution in [3.05, 3.63) is 35.6 Å². The van der Waals surface area contributed by atoms with Crippen molar-refractivity contribution in [1.29, 1.82) is 0 Å². The fourth-order valence-corrected chi connectivity index (χ4v) is 1.35. The summed E-state index contributed by atoms with van der Waals surface area (Å²) in [6.07, 6.45) is 0. The molecule has 0 aliphatic heterocycles. The lowest BCUT2D eigenvalue weighted by Gasteiger charge is -2.14. The summed E-state index contributed by atoms with van der Waals surface area (Å²) in [6, 6.07) is 4.70. The highest BCUT2D eigenvalue weighted by Gasteiger charge is 2.17. The van der Waals surface area contributed by atoms with E-state index in [0.717, 1.165) is 5.56 Å². The molecule has 0 spiro atoms. The van der Waals surface area contributed by atoms with Crippen LogP contribution in [0.4, 0.5) is 4.39 Å². The van der Waals surface area contributed by atoms with Crippen molar-refractivity contribution in [3.63, 3.8) is 0 Å². The first kappa shape index (κ1) is 14.1. The molecule has 18 heavy (non-hydrogen) atoms. The fraction of sp³-hybridized carbons (Fsp3) is 0.333. The Kier molecular flexibility index (Phi) is 5.26. The van der Waals surface area contributed by atoms with Gasteiger partial charge in [0.15, 0.2) is 0 Å². The highest BCUT2D eigenvalue weighted by atomic mass is 19.1. The summed E-state index contributed by atoms with van der Waals surface area (Å²) in [6.45, 7) is 0.986. The minimum absolute atomic E-state index is 0.204. The van der Waals surface area contributed by atoms with E-state index in [2.05, 4.69) is 10.6 Å². The molecule has 2 amide bonds. The van der Waals surface area contributed by atoms with E-state index in [1.54, 1.807) is 12.1 Å². The molecule has 0 aliphatic rings. The average Bonchev–Trinajstić information content (AvgIpc) is 2.34.